The minimum absolute atomic E-state index is 0.0509. The van der Waals surface area contributed by atoms with Crippen molar-refractivity contribution < 1.29 is 14.3 Å². The lowest BCUT2D eigenvalue weighted by atomic mass is 10.1. The van der Waals surface area contributed by atoms with Crippen LogP contribution in [-0.4, -0.2) is 31.8 Å². The van der Waals surface area contributed by atoms with Crippen LogP contribution in [0.1, 0.15) is 31.4 Å². The molecule has 0 heterocycles. The van der Waals surface area contributed by atoms with Gasteiger partial charge in [-0.2, -0.15) is 0 Å². The van der Waals surface area contributed by atoms with E-state index in [-0.39, 0.29) is 18.6 Å². The van der Waals surface area contributed by atoms with Crippen molar-refractivity contribution in [1.82, 2.24) is 5.32 Å². The Labute approximate surface area is 121 Å². The second kappa shape index (κ2) is 8.59. The Balaban J connectivity index is 2.21. The lowest BCUT2D eigenvalue weighted by Gasteiger charge is -2.11. The first-order chi connectivity index (χ1) is 9.49. The van der Waals surface area contributed by atoms with Gasteiger partial charge in [0.05, 0.1) is 6.10 Å². The normalized spacial score (nSPS) is 10.7. The van der Waals surface area contributed by atoms with Crippen molar-refractivity contribution >= 4 is 5.91 Å². The Bertz CT molecular complexity index is 430. The number of amides is 1. The molecule has 1 aromatic rings. The summed E-state index contributed by atoms with van der Waals surface area (Å²) in [5.41, 5.74) is 2.16. The highest BCUT2D eigenvalue weighted by Crippen LogP contribution is 2.18. The molecule has 0 aliphatic carbocycles. The van der Waals surface area contributed by atoms with Gasteiger partial charge in [0.2, 0.25) is 0 Å². The summed E-state index contributed by atoms with van der Waals surface area (Å²) in [7, 11) is 0. The van der Waals surface area contributed by atoms with Gasteiger partial charge in [-0.1, -0.05) is 12.1 Å². The molecule has 1 N–H and O–H groups in total. The van der Waals surface area contributed by atoms with Crippen LogP contribution in [0.25, 0.3) is 0 Å². The first-order valence-corrected chi connectivity index (χ1v) is 7.07. The van der Waals surface area contributed by atoms with Crippen LogP contribution in [0, 0.1) is 13.8 Å². The number of ether oxygens (including phenoxy) is 2. The molecule has 20 heavy (non-hydrogen) atoms. The molecule has 0 aromatic heterocycles. The lowest BCUT2D eigenvalue weighted by Crippen LogP contribution is -2.30. The topological polar surface area (TPSA) is 47.6 Å². The van der Waals surface area contributed by atoms with Crippen molar-refractivity contribution in [2.45, 2.75) is 40.2 Å². The van der Waals surface area contributed by atoms with E-state index >= 15 is 0 Å². The summed E-state index contributed by atoms with van der Waals surface area (Å²) in [6.07, 6.45) is 1.05. The van der Waals surface area contributed by atoms with E-state index in [0.717, 1.165) is 23.3 Å². The van der Waals surface area contributed by atoms with E-state index in [1.165, 1.54) is 0 Å². The van der Waals surface area contributed by atoms with E-state index in [2.05, 4.69) is 5.32 Å². The molecule has 0 spiro atoms. The third-order valence-corrected chi connectivity index (χ3v) is 2.80. The quantitative estimate of drug-likeness (QED) is 0.744. The highest BCUT2D eigenvalue weighted by Gasteiger charge is 2.04. The average Bonchev–Trinajstić information content (AvgIpc) is 2.39. The number of carbonyl (C=O) groups excluding carboxylic acids is 1. The van der Waals surface area contributed by atoms with Gasteiger partial charge in [0.15, 0.2) is 6.61 Å². The summed E-state index contributed by atoms with van der Waals surface area (Å²) < 4.78 is 10.9. The number of aryl methyl sites for hydroxylation is 2. The molecule has 4 heteroatoms. The number of nitrogens with one attached hydrogen (secondary N) is 1. The monoisotopic (exact) mass is 279 g/mol. The summed E-state index contributed by atoms with van der Waals surface area (Å²) in [6.45, 7) is 9.29. The minimum Gasteiger partial charge on any atom is -0.483 e. The van der Waals surface area contributed by atoms with E-state index in [0.29, 0.717) is 13.2 Å². The maximum atomic E-state index is 11.6. The van der Waals surface area contributed by atoms with Crippen LogP contribution in [0.2, 0.25) is 0 Å². The summed E-state index contributed by atoms with van der Waals surface area (Å²) >= 11 is 0. The average molecular weight is 279 g/mol. The van der Waals surface area contributed by atoms with Gasteiger partial charge in [-0.3, -0.25) is 4.79 Å². The fourth-order valence-electron chi connectivity index (χ4n) is 1.68. The van der Waals surface area contributed by atoms with Gasteiger partial charge in [-0.15, -0.1) is 0 Å². The van der Waals surface area contributed by atoms with Crippen LogP contribution in [0.4, 0.5) is 0 Å². The van der Waals surface area contributed by atoms with E-state index < -0.39 is 0 Å². The molecule has 1 rings (SSSR count). The van der Waals surface area contributed by atoms with Crippen LogP contribution >= 0.6 is 0 Å². The molecule has 1 aromatic carbocycles. The maximum absolute atomic E-state index is 11.6. The van der Waals surface area contributed by atoms with Crippen LogP contribution in [0.3, 0.4) is 0 Å². The molecule has 1 amide bonds. The van der Waals surface area contributed by atoms with E-state index in [1.54, 1.807) is 0 Å². The molecule has 0 fully saturated rings. The second-order valence-electron chi connectivity index (χ2n) is 5.18. The predicted octanol–water partition coefficient (Wildman–Crippen LogP) is 2.61. The highest BCUT2D eigenvalue weighted by molar-refractivity contribution is 5.77. The van der Waals surface area contributed by atoms with Gasteiger partial charge in [0.25, 0.3) is 5.91 Å². The molecule has 0 radical (unpaired) electrons. The fraction of sp³-hybridized carbons (Fsp3) is 0.562. The molecular weight excluding hydrogens is 254 g/mol. The Morgan fingerprint density at radius 2 is 2.05 bits per heavy atom. The first-order valence-electron chi connectivity index (χ1n) is 7.07. The van der Waals surface area contributed by atoms with Crippen LogP contribution in [-0.2, 0) is 9.53 Å². The second-order valence-corrected chi connectivity index (χ2v) is 5.18. The zero-order chi connectivity index (χ0) is 15.0. The Kier molecular flexibility index (Phi) is 7.09. The van der Waals surface area contributed by atoms with Crippen LogP contribution in [0.5, 0.6) is 5.75 Å². The molecule has 0 bridgehead atoms. The van der Waals surface area contributed by atoms with Gasteiger partial charge < -0.3 is 14.8 Å². The van der Waals surface area contributed by atoms with Crippen LogP contribution < -0.4 is 10.1 Å². The standard InChI is InChI=1S/C16H25NO3/c1-12(2)19-9-5-8-17-16(18)11-20-15-10-13(3)6-7-14(15)4/h6-7,10,12H,5,8-9,11H2,1-4H3,(H,17,18). The molecule has 0 unspecified atom stereocenters. The third-order valence-electron chi connectivity index (χ3n) is 2.80. The molecule has 0 saturated carbocycles. The van der Waals surface area contributed by atoms with Gasteiger partial charge in [0.1, 0.15) is 5.75 Å². The number of carbonyl (C=O) groups is 1. The fourth-order valence-corrected chi connectivity index (χ4v) is 1.68. The van der Waals surface area contributed by atoms with Gasteiger partial charge in [-0.05, 0) is 51.3 Å². The van der Waals surface area contributed by atoms with E-state index in [9.17, 15) is 4.79 Å². The minimum atomic E-state index is -0.101. The number of hydrogen-bond acceptors (Lipinski definition) is 3. The highest BCUT2D eigenvalue weighted by atomic mass is 16.5. The molecule has 112 valence electrons. The first kappa shape index (κ1) is 16.5. The summed E-state index contributed by atoms with van der Waals surface area (Å²) in [4.78, 5) is 11.6. The van der Waals surface area contributed by atoms with Crippen LogP contribution in [0.15, 0.2) is 18.2 Å². The van der Waals surface area contributed by atoms with Crippen molar-refractivity contribution in [2.24, 2.45) is 0 Å². The van der Waals surface area contributed by atoms with E-state index in [1.807, 2.05) is 45.9 Å². The molecular formula is C16H25NO3. The molecule has 0 atom stereocenters. The molecule has 0 saturated heterocycles. The Morgan fingerprint density at radius 3 is 2.75 bits per heavy atom. The van der Waals surface area contributed by atoms with Gasteiger partial charge in [0, 0.05) is 13.2 Å². The number of hydrogen-bond donors (Lipinski definition) is 1. The maximum Gasteiger partial charge on any atom is 0.257 e. The zero-order valence-electron chi connectivity index (χ0n) is 12.9. The largest absolute Gasteiger partial charge is 0.483 e. The summed E-state index contributed by atoms with van der Waals surface area (Å²) in [6, 6.07) is 5.96. The smallest absolute Gasteiger partial charge is 0.257 e. The van der Waals surface area contributed by atoms with Crippen molar-refractivity contribution in [1.29, 1.82) is 0 Å². The van der Waals surface area contributed by atoms with Gasteiger partial charge >= 0.3 is 0 Å². The van der Waals surface area contributed by atoms with Gasteiger partial charge in [-0.25, -0.2) is 0 Å². The van der Waals surface area contributed by atoms with Crippen molar-refractivity contribution in [3.8, 4) is 5.75 Å². The predicted molar refractivity (Wildman–Crippen MR) is 80.1 cm³/mol. The lowest BCUT2D eigenvalue weighted by molar-refractivity contribution is -0.123. The molecule has 0 aliphatic heterocycles. The van der Waals surface area contributed by atoms with Crippen molar-refractivity contribution in [3.63, 3.8) is 0 Å². The Hall–Kier alpha value is -1.55. The summed E-state index contributed by atoms with van der Waals surface area (Å²) in [5.74, 6) is 0.666. The van der Waals surface area contributed by atoms with Crippen molar-refractivity contribution in [3.05, 3.63) is 29.3 Å². The van der Waals surface area contributed by atoms with Crippen molar-refractivity contribution in [2.75, 3.05) is 19.8 Å². The third kappa shape index (κ3) is 6.57. The molecule has 0 aliphatic rings. The van der Waals surface area contributed by atoms with E-state index in [4.69, 9.17) is 9.47 Å². The molecule has 4 nitrogen and oxygen atoms in total. The summed E-state index contributed by atoms with van der Waals surface area (Å²) in [5, 5.41) is 2.82. The number of rotatable bonds is 8. The number of benzene rings is 1. The SMILES string of the molecule is Cc1ccc(C)c(OCC(=O)NCCCOC(C)C)c1. The Morgan fingerprint density at radius 1 is 1.30 bits per heavy atom. The zero-order valence-corrected chi connectivity index (χ0v) is 12.9.